The number of amides is 2. The van der Waals surface area contributed by atoms with Gasteiger partial charge in [0.2, 0.25) is 5.91 Å². The second-order valence-corrected chi connectivity index (χ2v) is 17.1. The van der Waals surface area contributed by atoms with Crippen LogP contribution in [0, 0.1) is 34.5 Å². The molecule has 2 aliphatic heterocycles. The summed E-state index contributed by atoms with van der Waals surface area (Å²) in [5, 5.41) is 25.1. The van der Waals surface area contributed by atoms with Crippen molar-refractivity contribution in [3.8, 4) is 0 Å². The lowest BCUT2D eigenvalue weighted by molar-refractivity contribution is -0.168. The molecule has 0 radical (unpaired) electrons. The quantitative estimate of drug-likeness (QED) is 0.448. The molecule has 2 heterocycles. The van der Waals surface area contributed by atoms with E-state index in [-0.39, 0.29) is 34.8 Å². The van der Waals surface area contributed by atoms with Crippen molar-refractivity contribution in [1.29, 1.82) is 0 Å². The molecule has 0 spiro atoms. The van der Waals surface area contributed by atoms with Gasteiger partial charge >= 0.3 is 0 Å². The molecule has 1 unspecified atom stereocenters. The normalized spacial score (nSPS) is 42.2. The van der Waals surface area contributed by atoms with Crippen LogP contribution in [0.15, 0.2) is 42.5 Å². The van der Waals surface area contributed by atoms with Crippen molar-refractivity contribution in [2.75, 3.05) is 32.7 Å². The summed E-state index contributed by atoms with van der Waals surface area (Å²) in [4.78, 5) is 33.8. The van der Waals surface area contributed by atoms with Crippen LogP contribution in [0.4, 0.5) is 0 Å². The number of carbonyl (C=O) groups excluding carboxylic acids is 2. The molecule has 2 amide bonds. The molecule has 7 nitrogen and oxygen atoms in total. The first-order valence-electron chi connectivity index (χ1n) is 18.7. The van der Waals surface area contributed by atoms with Crippen LogP contribution >= 0.6 is 0 Å². The maximum absolute atomic E-state index is 13.9. The van der Waals surface area contributed by atoms with Crippen LogP contribution in [-0.4, -0.2) is 93.2 Å². The number of benzene rings is 2. The summed E-state index contributed by atoms with van der Waals surface area (Å²) in [6, 6.07) is 13.6. The van der Waals surface area contributed by atoms with E-state index in [9.17, 15) is 19.8 Å². The van der Waals surface area contributed by atoms with Crippen molar-refractivity contribution in [2.45, 2.75) is 109 Å². The maximum atomic E-state index is 13.9. The van der Waals surface area contributed by atoms with Crippen molar-refractivity contribution in [3.05, 3.63) is 48.0 Å². The summed E-state index contributed by atoms with van der Waals surface area (Å²) in [7, 11) is 0. The lowest BCUT2D eigenvalue weighted by Crippen LogP contribution is -2.63. The summed E-state index contributed by atoms with van der Waals surface area (Å²) in [5.74, 6) is 2.56. The van der Waals surface area contributed by atoms with Gasteiger partial charge in [-0.15, -0.1) is 0 Å². The fraction of sp³-hybridized carbons (Fsp3) is 0.700. The fourth-order valence-electron chi connectivity index (χ4n) is 12.1. The Kier molecular flexibility index (Phi) is 7.81. The highest BCUT2D eigenvalue weighted by Gasteiger charge is 2.64. The number of rotatable bonds is 3. The highest BCUT2D eigenvalue weighted by Crippen LogP contribution is 2.68. The minimum atomic E-state index is -0.554. The van der Waals surface area contributed by atoms with Crippen LogP contribution in [0.25, 0.3) is 10.8 Å². The first-order valence-corrected chi connectivity index (χ1v) is 18.7. The Morgan fingerprint density at radius 2 is 1.57 bits per heavy atom. The Morgan fingerprint density at radius 1 is 0.830 bits per heavy atom. The monoisotopic (exact) mass is 641 g/mol. The van der Waals surface area contributed by atoms with Gasteiger partial charge in [0.1, 0.15) is 6.04 Å². The van der Waals surface area contributed by atoms with Crippen LogP contribution in [0.3, 0.4) is 0 Å². The predicted molar refractivity (Wildman–Crippen MR) is 184 cm³/mol. The maximum Gasteiger partial charge on any atom is 0.254 e. The fourth-order valence-corrected chi connectivity index (χ4v) is 12.1. The summed E-state index contributed by atoms with van der Waals surface area (Å²) < 4.78 is 0. The van der Waals surface area contributed by atoms with E-state index in [0.717, 1.165) is 68.8 Å². The van der Waals surface area contributed by atoms with Crippen molar-refractivity contribution in [1.82, 2.24) is 14.7 Å². The number of hydrogen-bond donors (Lipinski definition) is 2. The third kappa shape index (κ3) is 5.00. The number of nitrogens with zero attached hydrogens (tertiary/aromatic N) is 3. The van der Waals surface area contributed by atoms with Gasteiger partial charge in [-0.1, -0.05) is 44.2 Å². The molecule has 7 heteroatoms. The molecule has 47 heavy (non-hydrogen) atoms. The van der Waals surface area contributed by atoms with Crippen LogP contribution in [-0.2, 0) is 4.79 Å². The average Bonchev–Trinajstić information content (AvgIpc) is 3.66. The van der Waals surface area contributed by atoms with Crippen molar-refractivity contribution >= 4 is 22.6 Å². The standard InChI is InChI=1S/C40H55N3O4/c1-38-25-34(35(44)24-29(38)12-13-30-31(38)14-16-39(2)32(30)15-17-40(39,3)47)41-19-21-42(22-20-41)37(46)33-9-6-18-43(33)36(45)28-11-10-26-7-4-5-8-27(26)23-28/h4-5,7-8,10-11,23,29-35,44,47H,6,9,12-22,24-25H2,1-3H3/t29?,30-,31+,32+,33+,34+,35+,38+,39+,40-/m1/s1. The van der Waals surface area contributed by atoms with Gasteiger partial charge < -0.3 is 20.0 Å². The SMILES string of the molecule is C[C@]12C[C@H](N3CCN(C(=O)[C@@H]4CCCN4C(=O)c4ccc5ccccc5c4)CC3)[C@@H](O)CC1CC[C@@H]1[C@@H]2CC[C@@]2(C)[C@H]1CC[C@@]2(C)O. The molecule has 2 N–H and O–H groups in total. The Bertz CT molecular complexity index is 1530. The van der Waals surface area contributed by atoms with E-state index in [4.69, 9.17) is 0 Å². The van der Waals surface area contributed by atoms with Gasteiger partial charge in [0.25, 0.3) is 5.91 Å². The molecule has 4 aliphatic carbocycles. The van der Waals surface area contributed by atoms with Gasteiger partial charge in [-0.25, -0.2) is 0 Å². The zero-order valence-electron chi connectivity index (χ0n) is 28.7. The highest BCUT2D eigenvalue weighted by atomic mass is 16.3. The largest absolute Gasteiger partial charge is 0.391 e. The lowest BCUT2D eigenvalue weighted by atomic mass is 9.44. The zero-order chi connectivity index (χ0) is 32.7. The van der Waals surface area contributed by atoms with E-state index in [1.165, 1.54) is 19.3 Å². The van der Waals surface area contributed by atoms with Crippen LogP contribution in [0.2, 0.25) is 0 Å². The zero-order valence-corrected chi connectivity index (χ0v) is 28.7. The second kappa shape index (κ2) is 11.6. The number of hydrogen-bond acceptors (Lipinski definition) is 5. The van der Waals surface area contributed by atoms with E-state index < -0.39 is 11.6 Å². The van der Waals surface area contributed by atoms with E-state index in [1.54, 1.807) is 0 Å². The minimum Gasteiger partial charge on any atom is -0.391 e. The van der Waals surface area contributed by atoms with Crippen LogP contribution < -0.4 is 0 Å². The third-order valence-corrected chi connectivity index (χ3v) is 15.1. The molecule has 4 saturated carbocycles. The highest BCUT2D eigenvalue weighted by molar-refractivity contribution is 6.01. The Labute approximate surface area is 280 Å². The van der Waals surface area contributed by atoms with Crippen molar-refractivity contribution < 1.29 is 19.8 Å². The van der Waals surface area contributed by atoms with Crippen molar-refractivity contribution in [2.24, 2.45) is 34.5 Å². The summed E-state index contributed by atoms with van der Waals surface area (Å²) in [6.07, 6.45) is 10.0. The number of aliphatic hydroxyl groups is 2. The average molecular weight is 642 g/mol. The second-order valence-electron chi connectivity index (χ2n) is 17.1. The molecule has 6 aliphatic rings. The smallest absolute Gasteiger partial charge is 0.254 e. The molecular formula is C40H55N3O4. The Morgan fingerprint density at radius 3 is 2.36 bits per heavy atom. The van der Waals surface area contributed by atoms with Crippen molar-refractivity contribution in [3.63, 3.8) is 0 Å². The molecule has 10 atom stereocenters. The van der Waals surface area contributed by atoms with Gasteiger partial charge in [-0.2, -0.15) is 0 Å². The minimum absolute atomic E-state index is 0.0306. The molecule has 2 aromatic rings. The summed E-state index contributed by atoms with van der Waals surface area (Å²) >= 11 is 0. The molecule has 254 valence electrons. The molecule has 2 saturated heterocycles. The number of carbonyl (C=O) groups is 2. The third-order valence-electron chi connectivity index (χ3n) is 15.1. The molecule has 0 aromatic heterocycles. The first-order chi connectivity index (χ1) is 22.5. The predicted octanol–water partition coefficient (Wildman–Crippen LogP) is 5.72. The van der Waals surface area contributed by atoms with Gasteiger partial charge in [0, 0.05) is 44.3 Å². The molecule has 8 rings (SSSR count). The number of likely N-dealkylation sites (tertiary alicyclic amines) is 1. The Balaban J connectivity index is 0.924. The summed E-state index contributed by atoms with van der Waals surface area (Å²) in [5.41, 5.74) is 0.339. The van der Waals surface area contributed by atoms with Crippen LogP contribution in [0.1, 0.15) is 95.3 Å². The van der Waals surface area contributed by atoms with Crippen LogP contribution in [0.5, 0.6) is 0 Å². The molecular weight excluding hydrogens is 586 g/mol. The Hall–Kier alpha value is -2.48. The van der Waals surface area contributed by atoms with Gasteiger partial charge in [0.05, 0.1) is 11.7 Å². The van der Waals surface area contributed by atoms with E-state index in [1.807, 2.05) is 46.2 Å². The van der Waals surface area contributed by atoms with Gasteiger partial charge in [-0.3, -0.25) is 14.5 Å². The molecule has 0 bridgehead atoms. The first kappa shape index (κ1) is 31.8. The number of piperazine rings is 1. The molecule has 6 fully saturated rings. The lowest BCUT2D eigenvalue weighted by Gasteiger charge is -2.63. The number of aliphatic hydroxyl groups excluding tert-OH is 1. The van der Waals surface area contributed by atoms with E-state index in [2.05, 4.69) is 31.7 Å². The number of fused-ring (bicyclic) bond motifs is 6. The van der Waals surface area contributed by atoms with E-state index >= 15 is 0 Å². The summed E-state index contributed by atoms with van der Waals surface area (Å²) in [6.45, 7) is 10.5. The van der Waals surface area contributed by atoms with E-state index in [0.29, 0.717) is 48.9 Å². The topological polar surface area (TPSA) is 84.3 Å². The molecule has 2 aromatic carbocycles. The van der Waals surface area contributed by atoms with Gasteiger partial charge in [-0.05, 0) is 129 Å². The van der Waals surface area contributed by atoms with Gasteiger partial charge in [0.15, 0.2) is 0 Å².